The second-order valence-corrected chi connectivity index (χ2v) is 9.21. The van der Waals surface area contributed by atoms with E-state index < -0.39 is 0 Å². The number of rotatable bonds is 7. The zero-order valence-corrected chi connectivity index (χ0v) is 19.7. The van der Waals surface area contributed by atoms with Crippen molar-refractivity contribution in [3.63, 3.8) is 0 Å². The monoisotopic (exact) mass is 450 g/mol. The molecule has 1 aromatic carbocycles. The number of nitrogens with one attached hydrogen (secondary N) is 2. The first-order valence-electron chi connectivity index (χ1n) is 11.0. The molecule has 0 saturated heterocycles. The average molecular weight is 451 g/mol. The van der Waals surface area contributed by atoms with E-state index in [0.29, 0.717) is 30.0 Å². The summed E-state index contributed by atoms with van der Waals surface area (Å²) in [5.41, 5.74) is 1.60. The molecule has 168 valence electrons. The molecule has 32 heavy (non-hydrogen) atoms. The molecule has 0 aliphatic heterocycles. The Morgan fingerprint density at radius 2 is 1.88 bits per heavy atom. The van der Waals surface area contributed by atoms with Gasteiger partial charge in [-0.3, -0.25) is 4.79 Å². The average Bonchev–Trinajstić information content (AvgIpc) is 2.82. The summed E-state index contributed by atoms with van der Waals surface area (Å²) in [6, 6.07) is 12.1. The largest absolute Gasteiger partial charge is 0.362 e. The highest BCUT2D eigenvalue weighted by molar-refractivity contribution is 7.98. The summed E-state index contributed by atoms with van der Waals surface area (Å²) < 4.78 is 0. The maximum atomic E-state index is 12.6. The van der Waals surface area contributed by atoms with Crippen LogP contribution in [-0.2, 0) is 0 Å². The van der Waals surface area contributed by atoms with Gasteiger partial charge in [0.05, 0.1) is 11.1 Å². The number of carbonyl (C=O) groups excluding carboxylic acids is 1. The number of para-hydroxylation sites is 1. The van der Waals surface area contributed by atoms with Gasteiger partial charge in [-0.2, -0.15) is 4.98 Å². The predicted octanol–water partition coefficient (Wildman–Crippen LogP) is 4.21. The smallest absolute Gasteiger partial charge is 0.254 e. The van der Waals surface area contributed by atoms with Crippen LogP contribution in [0.3, 0.4) is 0 Å². The third-order valence-electron chi connectivity index (χ3n) is 5.95. The lowest BCUT2D eigenvalue weighted by Gasteiger charge is -2.29. The molecule has 0 bridgehead atoms. The molecular formula is C24H30N6OS. The number of fused-ring (bicyclic) bond motifs is 1. The minimum absolute atomic E-state index is 0.0384. The molecule has 1 saturated carbocycles. The quantitative estimate of drug-likeness (QED) is 0.522. The second kappa shape index (κ2) is 10.2. The first kappa shape index (κ1) is 22.3. The second-order valence-electron chi connectivity index (χ2n) is 8.41. The number of amides is 1. The Labute approximate surface area is 193 Å². The van der Waals surface area contributed by atoms with Crippen LogP contribution in [-0.4, -0.2) is 53.8 Å². The summed E-state index contributed by atoms with van der Waals surface area (Å²) in [6.07, 6.45) is 7.86. The van der Waals surface area contributed by atoms with Crippen LogP contribution in [0.5, 0.6) is 0 Å². The summed E-state index contributed by atoms with van der Waals surface area (Å²) in [5.74, 6) is 2.06. The van der Waals surface area contributed by atoms with Crippen molar-refractivity contribution in [2.75, 3.05) is 37.1 Å². The lowest BCUT2D eigenvalue weighted by Crippen LogP contribution is -2.34. The number of anilines is 2. The summed E-state index contributed by atoms with van der Waals surface area (Å²) in [5, 5.41) is 8.48. The first-order chi connectivity index (χ1) is 15.5. The Morgan fingerprint density at radius 1 is 1.09 bits per heavy atom. The fraction of sp³-hybridized carbons (Fsp3) is 0.417. The fourth-order valence-corrected chi connectivity index (χ4v) is 4.76. The molecular weight excluding hydrogens is 420 g/mol. The number of hydrogen-bond acceptors (Lipinski definition) is 7. The van der Waals surface area contributed by atoms with Gasteiger partial charge >= 0.3 is 0 Å². The van der Waals surface area contributed by atoms with Crippen LogP contribution < -0.4 is 15.5 Å². The zero-order valence-electron chi connectivity index (χ0n) is 18.8. The van der Waals surface area contributed by atoms with Crippen molar-refractivity contribution < 1.29 is 4.79 Å². The van der Waals surface area contributed by atoms with Gasteiger partial charge in [-0.05, 0) is 62.1 Å². The zero-order chi connectivity index (χ0) is 22.5. The van der Waals surface area contributed by atoms with Gasteiger partial charge in [-0.15, -0.1) is 11.8 Å². The van der Waals surface area contributed by atoms with Gasteiger partial charge in [-0.25, -0.2) is 9.97 Å². The third kappa shape index (κ3) is 5.12. The van der Waals surface area contributed by atoms with Gasteiger partial charge in [0.1, 0.15) is 10.8 Å². The Morgan fingerprint density at radius 3 is 2.62 bits per heavy atom. The van der Waals surface area contributed by atoms with E-state index in [1.165, 1.54) is 11.8 Å². The maximum Gasteiger partial charge on any atom is 0.254 e. The minimum atomic E-state index is -0.0384. The van der Waals surface area contributed by atoms with Gasteiger partial charge in [0, 0.05) is 38.3 Å². The van der Waals surface area contributed by atoms with Gasteiger partial charge in [0.25, 0.3) is 5.91 Å². The molecule has 2 heterocycles. The SMILES string of the molecule is CSc1ncccc1C(=O)NCC1CCC(Nc2nc(N(C)C)c3ccccc3n2)CC1. The highest BCUT2D eigenvalue weighted by atomic mass is 32.2. The Kier molecular flexibility index (Phi) is 7.09. The number of carbonyl (C=O) groups is 1. The standard InChI is InChI=1S/C24H30N6OS/c1-30(2)21-18-7-4-5-9-20(18)28-24(29-21)27-17-12-10-16(11-13-17)15-26-22(31)19-8-6-14-25-23(19)32-3/h4-9,14,16-17H,10-13,15H2,1-3H3,(H,26,31)(H,27,28,29). The van der Waals surface area contributed by atoms with Crippen molar-refractivity contribution in [2.45, 2.75) is 36.8 Å². The summed E-state index contributed by atoms with van der Waals surface area (Å²) in [6.45, 7) is 0.700. The van der Waals surface area contributed by atoms with Crippen LogP contribution in [0.15, 0.2) is 47.6 Å². The molecule has 7 nitrogen and oxygen atoms in total. The third-order valence-corrected chi connectivity index (χ3v) is 6.66. The summed E-state index contributed by atoms with van der Waals surface area (Å²) >= 11 is 1.49. The predicted molar refractivity (Wildman–Crippen MR) is 132 cm³/mol. The highest BCUT2D eigenvalue weighted by Crippen LogP contribution is 2.28. The Hall–Kier alpha value is -2.87. The van der Waals surface area contributed by atoms with Crippen LogP contribution in [0.25, 0.3) is 10.9 Å². The molecule has 2 aromatic heterocycles. The summed E-state index contributed by atoms with van der Waals surface area (Å²) in [4.78, 5) is 28.4. The van der Waals surface area contributed by atoms with Crippen LogP contribution in [0.2, 0.25) is 0 Å². The highest BCUT2D eigenvalue weighted by Gasteiger charge is 2.23. The molecule has 0 spiro atoms. The van der Waals surface area contributed by atoms with Crippen molar-refractivity contribution >= 4 is 40.3 Å². The number of aromatic nitrogens is 3. The van der Waals surface area contributed by atoms with Crippen LogP contribution in [0.4, 0.5) is 11.8 Å². The molecule has 1 fully saturated rings. The first-order valence-corrected chi connectivity index (χ1v) is 12.3. The number of pyridine rings is 1. The van der Waals surface area contributed by atoms with Gasteiger partial charge in [-0.1, -0.05) is 12.1 Å². The van der Waals surface area contributed by atoms with Crippen molar-refractivity contribution in [2.24, 2.45) is 5.92 Å². The van der Waals surface area contributed by atoms with E-state index in [1.54, 1.807) is 6.20 Å². The van der Waals surface area contributed by atoms with Crippen molar-refractivity contribution in [3.05, 3.63) is 48.2 Å². The Balaban J connectivity index is 1.32. The molecule has 1 aliphatic carbocycles. The lowest BCUT2D eigenvalue weighted by atomic mass is 9.86. The van der Waals surface area contributed by atoms with Crippen molar-refractivity contribution in [3.8, 4) is 0 Å². The molecule has 8 heteroatoms. The van der Waals surface area contributed by atoms with E-state index in [1.807, 2.05) is 55.6 Å². The molecule has 1 aliphatic rings. The number of thioether (sulfide) groups is 1. The van der Waals surface area contributed by atoms with E-state index >= 15 is 0 Å². The topological polar surface area (TPSA) is 83.0 Å². The number of benzene rings is 1. The number of hydrogen-bond donors (Lipinski definition) is 2. The van der Waals surface area contributed by atoms with E-state index in [-0.39, 0.29) is 5.91 Å². The lowest BCUT2D eigenvalue weighted by molar-refractivity contribution is 0.0939. The molecule has 0 radical (unpaired) electrons. The van der Waals surface area contributed by atoms with E-state index in [2.05, 4.69) is 21.7 Å². The molecule has 0 unspecified atom stereocenters. The van der Waals surface area contributed by atoms with Gasteiger partial charge in [0.15, 0.2) is 0 Å². The van der Waals surface area contributed by atoms with E-state index in [0.717, 1.165) is 47.4 Å². The van der Waals surface area contributed by atoms with Crippen LogP contribution >= 0.6 is 11.8 Å². The van der Waals surface area contributed by atoms with Crippen LogP contribution in [0, 0.1) is 5.92 Å². The molecule has 4 rings (SSSR count). The maximum absolute atomic E-state index is 12.6. The van der Waals surface area contributed by atoms with Crippen LogP contribution in [0.1, 0.15) is 36.0 Å². The minimum Gasteiger partial charge on any atom is -0.362 e. The van der Waals surface area contributed by atoms with E-state index in [9.17, 15) is 4.79 Å². The summed E-state index contributed by atoms with van der Waals surface area (Å²) in [7, 11) is 4.01. The molecule has 1 amide bonds. The van der Waals surface area contributed by atoms with E-state index in [4.69, 9.17) is 9.97 Å². The normalized spacial score (nSPS) is 18.3. The molecule has 2 N–H and O–H groups in total. The molecule has 0 atom stereocenters. The number of nitrogens with zero attached hydrogens (tertiary/aromatic N) is 4. The van der Waals surface area contributed by atoms with Gasteiger partial charge in [0.2, 0.25) is 5.95 Å². The molecule has 3 aromatic rings. The Bertz CT molecular complexity index is 1080. The van der Waals surface area contributed by atoms with Crippen molar-refractivity contribution in [1.29, 1.82) is 0 Å². The van der Waals surface area contributed by atoms with Crippen molar-refractivity contribution in [1.82, 2.24) is 20.3 Å². The fourth-order valence-electron chi connectivity index (χ4n) is 4.22. The van der Waals surface area contributed by atoms with Gasteiger partial charge < -0.3 is 15.5 Å².